The number of carbonyl (C=O) groups is 2. The maximum atomic E-state index is 12.3. The minimum absolute atomic E-state index is 0.167. The summed E-state index contributed by atoms with van der Waals surface area (Å²) < 4.78 is 0. The Balaban J connectivity index is 1.71. The number of thioether (sulfide) groups is 1. The van der Waals surface area contributed by atoms with E-state index in [9.17, 15) is 9.59 Å². The second-order valence-corrected chi connectivity index (χ2v) is 7.83. The zero-order valence-electron chi connectivity index (χ0n) is 14.2. The fourth-order valence-electron chi connectivity index (χ4n) is 2.36. The Labute approximate surface area is 160 Å². The van der Waals surface area contributed by atoms with Gasteiger partial charge in [-0.05, 0) is 30.7 Å². The molecule has 3 aromatic rings. The van der Waals surface area contributed by atoms with Gasteiger partial charge in [0.2, 0.25) is 5.91 Å². The average Bonchev–Trinajstić information content (AvgIpc) is 3.06. The highest BCUT2D eigenvalue weighted by Crippen LogP contribution is 2.35. The van der Waals surface area contributed by atoms with Crippen LogP contribution in [0.5, 0.6) is 0 Å². The Hall–Kier alpha value is -2.57. The third-order valence-corrected chi connectivity index (χ3v) is 5.81. The number of nitrogens with one attached hydrogen (secondary N) is 1. The first-order valence-corrected chi connectivity index (χ1v) is 9.81. The van der Waals surface area contributed by atoms with E-state index in [4.69, 9.17) is 5.73 Å². The van der Waals surface area contributed by atoms with Crippen molar-refractivity contribution in [3.8, 4) is 10.4 Å². The van der Waals surface area contributed by atoms with Gasteiger partial charge in [-0.2, -0.15) is 0 Å². The summed E-state index contributed by atoms with van der Waals surface area (Å²) in [7, 11) is 0. The molecule has 26 heavy (non-hydrogen) atoms. The van der Waals surface area contributed by atoms with Gasteiger partial charge in [-0.25, -0.2) is 0 Å². The topological polar surface area (TPSA) is 72.2 Å². The first-order chi connectivity index (χ1) is 12.5. The fraction of sp³-hybridized carbons (Fsp3) is 0.100. The minimum atomic E-state index is -0.551. The Kier molecular flexibility index (Phi) is 5.75. The largest absolute Gasteiger partial charge is 0.366 e. The zero-order chi connectivity index (χ0) is 18.5. The lowest BCUT2D eigenvalue weighted by atomic mass is 10.1. The molecule has 4 nitrogen and oxygen atoms in total. The number of benzene rings is 2. The van der Waals surface area contributed by atoms with E-state index in [2.05, 4.69) is 5.32 Å². The Morgan fingerprint density at radius 2 is 1.77 bits per heavy atom. The molecule has 0 aliphatic carbocycles. The van der Waals surface area contributed by atoms with E-state index in [0.29, 0.717) is 10.6 Å². The summed E-state index contributed by atoms with van der Waals surface area (Å²) in [6, 6.07) is 19.4. The summed E-state index contributed by atoms with van der Waals surface area (Å²) in [6.45, 7) is 2.02. The number of hydrogen-bond acceptors (Lipinski definition) is 4. The number of anilines is 1. The van der Waals surface area contributed by atoms with Crippen molar-refractivity contribution in [3.05, 3.63) is 71.8 Å². The highest BCUT2D eigenvalue weighted by atomic mass is 32.2. The molecule has 1 aromatic heterocycles. The van der Waals surface area contributed by atoms with Gasteiger partial charge in [0.15, 0.2) is 0 Å². The molecule has 0 aliphatic heterocycles. The molecule has 0 fully saturated rings. The second-order valence-electron chi connectivity index (χ2n) is 5.73. The van der Waals surface area contributed by atoms with Gasteiger partial charge in [-0.1, -0.05) is 48.0 Å². The predicted octanol–water partition coefficient (Wildman–Crippen LogP) is 4.55. The van der Waals surface area contributed by atoms with Crippen LogP contribution in [0.1, 0.15) is 15.9 Å². The van der Waals surface area contributed by atoms with Crippen molar-refractivity contribution >= 4 is 39.9 Å². The van der Waals surface area contributed by atoms with Crippen molar-refractivity contribution in [1.29, 1.82) is 0 Å². The second kappa shape index (κ2) is 8.21. The van der Waals surface area contributed by atoms with Crippen LogP contribution >= 0.6 is 23.1 Å². The Bertz CT molecular complexity index is 919. The lowest BCUT2D eigenvalue weighted by molar-refractivity contribution is -0.113. The molecule has 6 heteroatoms. The van der Waals surface area contributed by atoms with Crippen molar-refractivity contribution in [2.45, 2.75) is 11.8 Å². The normalized spacial score (nSPS) is 10.5. The summed E-state index contributed by atoms with van der Waals surface area (Å²) in [5, 5.41) is 3.31. The maximum absolute atomic E-state index is 12.3. The zero-order valence-corrected chi connectivity index (χ0v) is 15.8. The van der Waals surface area contributed by atoms with Gasteiger partial charge in [-0.3, -0.25) is 9.59 Å². The number of rotatable bonds is 6. The molecule has 2 aromatic carbocycles. The molecule has 132 valence electrons. The van der Waals surface area contributed by atoms with Crippen LogP contribution in [0.3, 0.4) is 0 Å². The lowest BCUT2D eigenvalue weighted by Crippen LogP contribution is -2.17. The molecular weight excluding hydrogens is 364 g/mol. The minimum Gasteiger partial charge on any atom is -0.366 e. The molecule has 0 aliphatic rings. The molecule has 1 heterocycles. The fourth-order valence-corrected chi connectivity index (χ4v) is 4.14. The van der Waals surface area contributed by atoms with Gasteiger partial charge in [0, 0.05) is 9.77 Å². The molecular formula is C20H18N2O2S2. The molecule has 0 saturated heterocycles. The van der Waals surface area contributed by atoms with Crippen molar-refractivity contribution in [2.75, 3.05) is 11.1 Å². The highest BCUT2D eigenvalue weighted by Gasteiger charge is 2.17. The number of aryl methyl sites for hydroxylation is 1. The number of primary amides is 1. The summed E-state index contributed by atoms with van der Waals surface area (Å²) >= 11 is 2.80. The number of hydrogen-bond donors (Lipinski definition) is 2. The molecule has 0 spiro atoms. The molecule has 3 rings (SSSR count). The highest BCUT2D eigenvalue weighted by molar-refractivity contribution is 8.00. The van der Waals surface area contributed by atoms with Crippen LogP contribution in [0.2, 0.25) is 0 Å². The summed E-state index contributed by atoms with van der Waals surface area (Å²) in [4.78, 5) is 25.9. The summed E-state index contributed by atoms with van der Waals surface area (Å²) in [6.07, 6.45) is 0. The van der Waals surface area contributed by atoms with Crippen LogP contribution in [-0.4, -0.2) is 17.6 Å². The van der Waals surface area contributed by atoms with E-state index in [1.54, 1.807) is 6.07 Å². The predicted molar refractivity (Wildman–Crippen MR) is 109 cm³/mol. The third-order valence-electron chi connectivity index (χ3n) is 3.70. The first-order valence-electron chi connectivity index (χ1n) is 8.01. The number of carbonyl (C=O) groups excluding carboxylic acids is 2. The van der Waals surface area contributed by atoms with Gasteiger partial charge in [0.1, 0.15) is 5.00 Å². The Morgan fingerprint density at radius 3 is 2.42 bits per heavy atom. The monoisotopic (exact) mass is 382 g/mol. The summed E-state index contributed by atoms with van der Waals surface area (Å²) in [5.74, 6) is -0.454. The molecule has 3 N–H and O–H groups in total. The van der Waals surface area contributed by atoms with Crippen LogP contribution in [0.15, 0.2) is 65.6 Å². The lowest BCUT2D eigenvalue weighted by Gasteiger charge is -2.05. The number of amides is 2. The maximum Gasteiger partial charge on any atom is 0.251 e. The van der Waals surface area contributed by atoms with E-state index in [1.807, 2.05) is 61.5 Å². The third kappa shape index (κ3) is 4.53. The van der Waals surface area contributed by atoms with Gasteiger partial charge < -0.3 is 11.1 Å². The van der Waals surface area contributed by atoms with Gasteiger partial charge >= 0.3 is 0 Å². The van der Waals surface area contributed by atoms with Crippen molar-refractivity contribution in [3.63, 3.8) is 0 Å². The summed E-state index contributed by atoms with van der Waals surface area (Å²) in [5.41, 5.74) is 7.97. The van der Waals surface area contributed by atoms with Crippen LogP contribution in [0.25, 0.3) is 10.4 Å². The average molecular weight is 383 g/mol. The number of nitrogens with two attached hydrogens (primary N) is 1. The van der Waals surface area contributed by atoms with Crippen LogP contribution in [-0.2, 0) is 4.79 Å². The van der Waals surface area contributed by atoms with Crippen LogP contribution in [0, 0.1) is 6.92 Å². The molecule has 0 unspecified atom stereocenters. The van der Waals surface area contributed by atoms with Crippen LogP contribution < -0.4 is 11.1 Å². The smallest absolute Gasteiger partial charge is 0.251 e. The van der Waals surface area contributed by atoms with Crippen molar-refractivity contribution < 1.29 is 9.59 Å². The SMILES string of the molecule is Cc1ccc(SCC(=O)Nc2sc(-c3ccccc3)cc2C(N)=O)cc1. The Morgan fingerprint density at radius 1 is 1.08 bits per heavy atom. The quantitative estimate of drug-likeness (QED) is 0.614. The van der Waals surface area contributed by atoms with E-state index in [1.165, 1.54) is 28.7 Å². The molecule has 0 radical (unpaired) electrons. The molecule has 0 atom stereocenters. The van der Waals surface area contributed by atoms with E-state index < -0.39 is 5.91 Å². The van der Waals surface area contributed by atoms with Crippen LogP contribution in [0.4, 0.5) is 5.00 Å². The molecule has 2 amide bonds. The van der Waals surface area contributed by atoms with Crippen molar-refractivity contribution in [2.24, 2.45) is 5.73 Å². The van der Waals surface area contributed by atoms with Gasteiger partial charge in [0.25, 0.3) is 5.91 Å². The van der Waals surface area contributed by atoms with E-state index >= 15 is 0 Å². The van der Waals surface area contributed by atoms with E-state index in [-0.39, 0.29) is 11.7 Å². The number of thiophene rings is 1. The molecule has 0 saturated carbocycles. The van der Waals surface area contributed by atoms with Crippen molar-refractivity contribution in [1.82, 2.24) is 0 Å². The molecule has 0 bridgehead atoms. The van der Waals surface area contributed by atoms with E-state index in [0.717, 1.165) is 15.3 Å². The van der Waals surface area contributed by atoms with Gasteiger partial charge in [0.05, 0.1) is 11.3 Å². The van der Waals surface area contributed by atoms with Gasteiger partial charge in [-0.15, -0.1) is 23.1 Å². The first kappa shape index (κ1) is 18.2. The standard InChI is InChI=1S/C20H18N2O2S2/c1-13-7-9-15(10-8-13)25-12-18(23)22-20-16(19(21)24)11-17(26-20)14-5-3-2-4-6-14/h2-11H,12H2,1H3,(H2,21,24)(H,22,23).